The standard InChI is InChI=1S/C20H16B3F3O7S/c21-7-11-5-14(8-22)17(15(6-11)9-23)33-19(28)13-3-1-12(2-4-13)18(27)32-16(20(24,25)26)10-34(29,30)31/h1-6,16H,7-10H2,(H,29,30,31). The lowest BCUT2D eigenvalue weighted by molar-refractivity contribution is -0.197. The van der Waals surface area contributed by atoms with Gasteiger partial charge in [0.25, 0.3) is 10.1 Å². The summed E-state index contributed by atoms with van der Waals surface area (Å²) in [5.74, 6) is -4.08. The number of halogens is 3. The molecule has 6 radical (unpaired) electrons. The fourth-order valence-corrected chi connectivity index (χ4v) is 3.50. The van der Waals surface area contributed by atoms with Gasteiger partial charge in [0.1, 0.15) is 11.5 Å². The Hall–Kier alpha value is -2.73. The minimum Gasteiger partial charge on any atom is -0.448 e. The second kappa shape index (κ2) is 11.1. The van der Waals surface area contributed by atoms with Crippen LogP contribution in [0.15, 0.2) is 36.4 Å². The molecule has 34 heavy (non-hydrogen) atoms. The van der Waals surface area contributed by atoms with E-state index >= 15 is 0 Å². The molecule has 2 aromatic rings. The monoisotopic (exact) mass is 490 g/mol. The van der Waals surface area contributed by atoms with Crippen molar-refractivity contribution in [2.45, 2.75) is 31.2 Å². The van der Waals surface area contributed by atoms with Crippen LogP contribution in [-0.4, -0.2) is 66.5 Å². The molecule has 0 fully saturated rings. The van der Waals surface area contributed by atoms with Gasteiger partial charge < -0.3 is 9.47 Å². The van der Waals surface area contributed by atoms with Gasteiger partial charge in [0, 0.05) is 0 Å². The van der Waals surface area contributed by atoms with Crippen molar-refractivity contribution in [3.8, 4) is 5.75 Å². The maximum atomic E-state index is 12.9. The van der Waals surface area contributed by atoms with E-state index in [2.05, 4.69) is 4.74 Å². The van der Waals surface area contributed by atoms with Gasteiger partial charge in [-0.3, -0.25) is 4.55 Å². The van der Waals surface area contributed by atoms with E-state index in [1.807, 2.05) is 0 Å². The Bertz CT molecular complexity index is 1130. The molecule has 1 atom stereocenters. The summed E-state index contributed by atoms with van der Waals surface area (Å²) in [5.41, 5.74) is 1.23. The third-order valence-electron chi connectivity index (χ3n) is 4.51. The van der Waals surface area contributed by atoms with Gasteiger partial charge in [-0.1, -0.05) is 36.7 Å². The molecule has 174 valence electrons. The van der Waals surface area contributed by atoms with Crippen molar-refractivity contribution < 1.29 is 45.2 Å². The summed E-state index contributed by atoms with van der Waals surface area (Å²) in [6, 6.07) is 7.50. The highest BCUT2D eigenvalue weighted by Gasteiger charge is 2.45. The van der Waals surface area contributed by atoms with Gasteiger partial charge in [-0.2, -0.15) is 21.6 Å². The molecule has 0 aliphatic carbocycles. The van der Waals surface area contributed by atoms with Crippen LogP contribution in [0.2, 0.25) is 0 Å². The van der Waals surface area contributed by atoms with Crippen LogP contribution in [0, 0.1) is 0 Å². The Labute approximate surface area is 198 Å². The van der Waals surface area contributed by atoms with Crippen molar-refractivity contribution >= 4 is 45.6 Å². The molecule has 14 heteroatoms. The lowest BCUT2D eigenvalue weighted by Crippen LogP contribution is -2.39. The Morgan fingerprint density at radius 1 is 0.912 bits per heavy atom. The van der Waals surface area contributed by atoms with Crippen molar-refractivity contribution in [2.24, 2.45) is 0 Å². The van der Waals surface area contributed by atoms with Gasteiger partial charge in [0.05, 0.1) is 34.7 Å². The van der Waals surface area contributed by atoms with Crippen LogP contribution in [0.4, 0.5) is 13.2 Å². The van der Waals surface area contributed by atoms with E-state index < -0.39 is 45.7 Å². The Balaban J connectivity index is 2.21. The Morgan fingerprint density at radius 2 is 1.38 bits per heavy atom. The number of hydrogen-bond acceptors (Lipinski definition) is 6. The predicted molar refractivity (Wildman–Crippen MR) is 118 cm³/mol. The number of ether oxygens (including phenoxy) is 2. The second-order valence-electron chi connectivity index (χ2n) is 7.01. The van der Waals surface area contributed by atoms with E-state index in [-0.39, 0.29) is 30.3 Å². The van der Waals surface area contributed by atoms with Crippen molar-refractivity contribution in [1.29, 1.82) is 0 Å². The van der Waals surface area contributed by atoms with Crippen LogP contribution >= 0.6 is 0 Å². The Morgan fingerprint density at radius 3 is 1.76 bits per heavy atom. The molecule has 0 aromatic heterocycles. The molecule has 0 aliphatic heterocycles. The molecule has 1 unspecified atom stereocenters. The van der Waals surface area contributed by atoms with Gasteiger partial charge in [-0.15, -0.1) is 0 Å². The summed E-state index contributed by atoms with van der Waals surface area (Å²) in [7, 11) is 12.0. The van der Waals surface area contributed by atoms with Gasteiger partial charge in [-0.05, 0) is 35.4 Å². The molecule has 0 aliphatic rings. The predicted octanol–water partition coefficient (Wildman–Crippen LogP) is 1.89. The van der Waals surface area contributed by atoms with E-state index in [4.69, 9.17) is 32.8 Å². The van der Waals surface area contributed by atoms with Crippen LogP contribution in [0.25, 0.3) is 0 Å². The maximum absolute atomic E-state index is 12.9. The molecule has 1 N–H and O–H groups in total. The van der Waals surface area contributed by atoms with E-state index in [1.54, 1.807) is 12.1 Å². The molecule has 0 heterocycles. The van der Waals surface area contributed by atoms with Crippen molar-refractivity contribution in [3.63, 3.8) is 0 Å². The third kappa shape index (κ3) is 7.39. The first-order valence-electron chi connectivity index (χ1n) is 9.59. The van der Waals surface area contributed by atoms with Crippen LogP contribution in [0.1, 0.15) is 37.4 Å². The summed E-state index contributed by atoms with van der Waals surface area (Å²) in [4.78, 5) is 24.6. The quantitative estimate of drug-likeness (QED) is 0.248. The highest BCUT2D eigenvalue weighted by molar-refractivity contribution is 7.85. The number of hydrogen-bond donors (Lipinski definition) is 1. The van der Waals surface area contributed by atoms with Gasteiger partial charge >= 0.3 is 18.1 Å². The normalized spacial score (nSPS) is 12.7. The molecule has 0 amide bonds. The maximum Gasteiger partial charge on any atom is 0.426 e. The minimum absolute atomic E-state index is 0.0260. The molecular weight excluding hydrogens is 474 g/mol. The molecule has 0 bridgehead atoms. The van der Waals surface area contributed by atoms with Crippen LogP contribution < -0.4 is 4.74 Å². The van der Waals surface area contributed by atoms with E-state index in [1.165, 1.54) is 0 Å². The highest BCUT2D eigenvalue weighted by atomic mass is 32.2. The van der Waals surface area contributed by atoms with Gasteiger partial charge in [-0.25, -0.2) is 9.59 Å². The summed E-state index contributed by atoms with van der Waals surface area (Å²) in [6.07, 6.45) is -8.06. The summed E-state index contributed by atoms with van der Waals surface area (Å²) in [5, 5.41) is 0. The topological polar surface area (TPSA) is 107 Å². The number of carbonyl (C=O) groups is 2. The fraction of sp³-hybridized carbons (Fsp3) is 0.300. The first-order chi connectivity index (χ1) is 15.8. The summed E-state index contributed by atoms with van der Waals surface area (Å²) < 4.78 is 78.7. The van der Waals surface area contributed by atoms with E-state index in [0.717, 1.165) is 29.8 Å². The SMILES string of the molecule is [B]Cc1cc(C[B])c(OC(=O)c2ccc(C(=O)OC(CS(=O)(=O)O)C(F)(F)F)cc2)c(C[B])c1. The molecular formula is C20H16B3F3O7S. The number of rotatable bonds is 9. The minimum atomic E-state index is -5.24. The van der Waals surface area contributed by atoms with E-state index in [9.17, 15) is 31.2 Å². The molecule has 0 spiro atoms. The molecule has 2 rings (SSSR count). The average Bonchev–Trinajstić information content (AvgIpc) is 2.77. The Kier molecular flexibility index (Phi) is 9.01. The zero-order chi connectivity index (χ0) is 25.7. The summed E-state index contributed by atoms with van der Waals surface area (Å²) >= 11 is 0. The fourth-order valence-electron chi connectivity index (χ4n) is 2.86. The molecule has 0 saturated heterocycles. The lowest BCUT2D eigenvalue weighted by atomic mass is 9.85. The third-order valence-corrected chi connectivity index (χ3v) is 5.23. The van der Waals surface area contributed by atoms with Crippen molar-refractivity contribution in [1.82, 2.24) is 0 Å². The zero-order valence-corrected chi connectivity index (χ0v) is 18.4. The summed E-state index contributed by atoms with van der Waals surface area (Å²) in [6.45, 7) is 0. The number of benzene rings is 2. The molecule has 2 aromatic carbocycles. The van der Waals surface area contributed by atoms with Crippen molar-refractivity contribution in [2.75, 3.05) is 5.75 Å². The number of carbonyl (C=O) groups excluding carboxylic acids is 2. The average molecular weight is 490 g/mol. The molecule has 7 nitrogen and oxygen atoms in total. The molecule has 0 saturated carbocycles. The van der Waals surface area contributed by atoms with Crippen LogP contribution in [0.5, 0.6) is 5.75 Å². The largest absolute Gasteiger partial charge is 0.448 e. The number of esters is 2. The van der Waals surface area contributed by atoms with Crippen LogP contribution in [0.3, 0.4) is 0 Å². The first kappa shape index (κ1) is 27.5. The smallest absolute Gasteiger partial charge is 0.426 e. The second-order valence-corrected chi connectivity index (χ2v) is 8.50. The highest BCUT2D eigenvalue weighted by Crippen LogP contribution is 2.28. The van der Waals surface area contributed by atoms with Gasteiger partial charge in [0.15, 0.2) is 0 Å². The lowest BCUT2D eigenvalue weighted by Gasteiger charge is -2.19. The number of alkyl halides is 3. The van der Waals surface area contributed by atoms with E-state index in [0.29, 0.717) is 11.1 Å². The van der Waals surface area contributed by atoms with Crippen LogP contribution in [-0.2, 0) is 33.8 Å². The zero-order valence-electron chi connectivity index (χ0n) is 17.5. The van der Waals surface area contributed by atoms with Gasteiger partial charge in [0.2, 0.25) is 6.10 Å². The first-order valence-corrected chi connectivity index (χ1v) is 11.2. The van der Waals surface area contributed by atoms with Crippen molar-refractivity contribution in [3.05, 3.63) is 64.2 Å².